The highest BCUT2D eigenvalue weighted by Crippen LogP contribution is 2.26. The van der Waals surface area contributed by atoms with Crippen LogP contribution in [0, 0.1) is 0 Å². The molecule has 0 saturated heterocycles. The fraction of sp³-hybridized carbons (Fsp3) is 0.222. The SMILES string of the molecule is COC(=O)c1ccc2c(c1)c1cnn(Cc3ccn(C)n3)c(=O)c1n2C. The van der Waals surface area contributed by atoms with E-state index in [4.69, 9.17) is 4.74 Å². The van der Waals surface area contributed by atoms with Crippen molar-refractivity contribution in [1.29, 1.82) is 0 Å². The summed E-state index contributed by atoms with van der Waals surface area (Å²) in [5.41, 5.74) is 2.37. The topological polar surface area (TPSA) is 83.9 Å². The third-order valence-corrected chi connectivity index (χ3v) is 4.50. The second-order valence-electron chi connectivity index (χ2n) is 6.13. The van der Waals surface area contributed by atoms with Crippen molar-refractivity contribution in [2.75, 3.05) is 7.11 Å². The van der Waals surface area contributed by atoms with Gasteiger partial charge in [0.1, 0.15) is 5.52 Å². The van der Waals surface area contributed by atoms with Crippen molar-refractivity contribution in [3.63, 3.8) is 0 Å². The molecule has 8 heteroatoms. The molecule has 132 valence electrons. The molecule has 0 bridgehead atoms. The molecule has 0 amide bonds. The lowest BCUT2D eigenvalue weighted by molar-refractivity contribution is 0.0601. The first-order valence-corrected chi connectivity index (χ1v) is 8.04. The molecule has 0 aliphatic rings. The highest BCUT2D eigenvalue weighted by atomic mass is 16.5. The largest absolute Gasteiger partial charge is 0.465 e. The number of hydrogen-bond donors (Lipinski definition) is 0. The maximum absolute atomic E-state index is 13.0. The van der Waals surface area contributed by atoms with Gasteiger partial charge in [0.05, 0.1) is 31.1 Å². The highest BCUT2D eigenvalue weighted by Gasteiger charge is 2.16. The lowest BCUT2D eigenvalue weighted by Gasteiger charge is -2.03. The number of fused-ring (bicyclic) bond motifs is 3. The number of esters is 1. The molecule has 0 aliphatic carbocycles. The second kappa shape index (κ2) is 5.83. The predicted octanol–water partition coefficient (Wildman–Crippen LogP) is 1.46. The van der Waals surface area contributed by atoms with Gasteiger partial charge < -0.3 is 9.30 Å². The number of carbonyl (C=O) groups excluding carboxylic acids is 1. The first-order valence-electron chi connectivity index (χ1n) is 8.04. The smallest absolute Gasteiger partial charge is 0.337 e. The van der Waals surface area contributed by atoms with Crippen LogP contribution in [-0.2, 0) is 25.4 Å². The van der Waals surface area contributed by atoms with Crippen LogP contribution < -0.4 is 5.56 Å². The number of ether oxygens (including phenoxy) is 1. The molecule has 0 radical (unpaired) electrons. The maximum atomic E-state index is 13.0. The van der Waals surface area contributed by atoms with Crippen molar-refractivity contribution in [2.24, 2.45) is 14.1 Å². The Morgan fingerprint density at radius 1 is 1.19 bits per heavy atom. The monoisotopic (exact) mass is 351 g/mol. The van der Waals surface area contributed by atoms with E-state index in [2.05, 4.69) is 10.2 Å². The van der Waals surface area contributed by atoms with Crippen LogP contribution in [0.3, 0.4) is 0 Å². The van der Waals surface area contributed by atoms with E-state index in [1.54, 1.807) is 23.0 Å². The fourth-order valence-corrected chi connectivity index (χ4v) is 3.22. The van der Waals surface area contributed by atoms with E-state index in [0.29, 0.717) is 23.0 Å². The number of hydrogen-bond acceptors (Lipinski definition) is 5. The number of rotatable bonds is 3. The highest BCUT2D eigenvalue weighted by molar-refractivity contribution is 6.09. The van der Waals surface area contributed by atoms with Gasteiger partial charge in [-0.1, -0.05) is 0 Å². The van der Waals surface area contributed by atoms with Gasteiger partial charge in [-0.2, -0.15) is 10.2 Å². The van der Waals surface area contributed by atoms with Crippen LogP contribution in [0.2, 0.25) is 0 Å². The van der Waals surface area contributed by atoms with Gasteiger partial charge in [0.2, 0.25) is 0 Å². The Morgan fingerprint density at radius 3 is 2.69 bits per heavy atom. The summed E-state index contributed by atoms with van der Waals surface area (Å²) in [5, 5.41) is 10.1. The third kappa shape index (κ3) is 2.38. The summed E-state index contributed by atoms with van der Waals surface area (Å²) >= 11 is 0. The third-order valence-electron chi connectivity index (χ3n) is 4.50. The molecule has 0 unspecified atom stereocenters. The van der Waals surface area contributed by atoms with Gasteiger partial charge >= 0.3 is 5.97 Å². The number of methoxy groups -OCH3 is 1. The Bertz CT molecular complexity index is 1210. The molecular weight excluding hydrogens is 334 g/mol. The van der Waals surface area contributed by atoms with E-state index in [9.17, 15) is 9.59 Å². The number of carbonyl (C=O) groups is 1. The van der Waals surface area contributed by atoms with Crippen LogP contribution in [-0.4, -0.2) is 37.2 Å². The minimum atomic E-state index is -0.416. The van der Waals surface area contributed by atoms with Crippen molar-refractivity contribution in [3.05, 3.63) is 58.3 Å². The zero-order chi connectivity index (χ0) is 18.4. The fourth-order valence-electron chi connectivity index (χ4n) is 3.22. The summed E-state index contributed by atoms with van der Waals surface area (Å²) < 4.78 is 9.68. The average molecular weight is 351 g/mol. The van der Waals surface area contributed by atoms with Crippen LogP contribution in [0.15, 0.2) is 41.5 Å². The molecule has 8 nitrogen and oxygen atoms in total. The average Bonchev–Trinajstić information content (AvgIpc) is 3.18. The minimum Gasteiger partial charge on any atom is -0.465 e. The van der Waals surface area contributed by atoms with E-state index in [0.717, 1.165) is 16.6 Å². The van der Waals surface area contributed by atoms with Crippen LogP contribution in [0.4, 0.5) is 0 Å². The number of aromatic nitrogens is 5. The van der Waals surface area contributed by atoms with Crippen LogP contribution in [0.25, 0.3) is 21.8 Å². The van der Waals surface area contributed by atoms with E-state index in [-0.39, 0.29) is 5.56 Å². The molecule has 3 aromatic heterocycles. The van der Waals surface area contributed by atoms with E-state index in [1.165, 1.54) is 11.8 Å². The van der Waals surface area contributed by atoms with Gasteiger partial charge in [0.25, 0.3) is 5.56 Å². The van der Waals surface area contributed by atoms with Crippen molar-refractivity contribution >= 4 is 27.8 Å². The summed E-state index contributed by atoms with van der Waals surface area (Å²) in [6.45, 7) is 0.296. The molecule has 0 atom stereocenters. The Hall–Kier alpha value is -3.42. The molecule has 4 rings (SSSR count). The zero-order valence-corrected chi connectivity index (χ0v) is 14.6. The van der Waals surface area contributed by atoms with Crippen LogP contribution in [0.1, 0.15) is 16.1 Å². The van der Waals surface area contributed by atoms with E-state index < -0.39 is 5.97 Å². The lowest BCUT2D eigenvalue weighted by Crippen LogP contribution is -2.24. The molecule has 1 aromatic carbocycles. The summed E-state index contributed by atoms with van der Waals surface area (Å²) in [5.74, 6) is -0.416. The van der Waals surface area contributed by atoms with Crippen LogP contribution in [0.5, 0.6) is 0 Å². The number of nitrogens with zero attached hydrogens (tertiary/aromatic N) is 5. The first-order chi connectivity index (χ1) is 12.5. The maximum Gasteiger partial charge on any atom is 0.337 e. The summed E-state index contributed by atoms with van der Waals surface area (Å²) in [4.78, 5) is 24.8. The summed E-state index contributed by atoms with van der Waals surface area (Å²) in [6, 6.07) is 7.08. The van der Waals surface area contributed by atoms with Crippen molar-refractivity contribution in [2.45, 2.75) is 6.54 Å². The Morgan fingerprint density at radius 2 is 2.00 bits per heavy atom. The van der Waals surface area contributed by atoms with E-state index in [1.807, 2.05) is 37.0 Å². The standard InChI is InChI=1S/C18H17N5O3/c1-21-7-6-12(20-21)10-23-17(24)16-14(9-19-23)13-8-11(18(25)26-3)4-5-15(13)22(16)2/h4-9H,10H2,1-3H3. The van der Waals surface area contributed by atoms with Crippen LogP contribution >= 0.6 is 0 Å². The van der Waals surface area contributed by atoms with Gasteiger partial charge in [-0.15, -0.1) is 0 Å². The predicted molar refractivity (Wildman–Crippen MR) is 96.1 cm³/mol. The molecular formula is C18H17N5O3. The minimum absolute atomic E-state index is 0.202. The molecule has 0 fully saturated rings. The normalized spacial score (nSPS) is 11.3. The summed E-state index contributed by atoms with van der Waals surface area (Å²) in [7, 11) is 4.99. The molecule has 3 heterocycles. The lowest BCUT2D eigenvalue weighted by atomic mass is 10.1. The zero-order valence-electron chi connectivity index (χ0n) is 14.6. The molecule has 26 heavy (non-hydrogen) atoms. The van der Waals surface area contributed by atoms with Crippen molar-refractivity contribution in [3.8, 4) is 0 Å². The molecule has 0 N–H and O–H groups in total. The molecule has 0 saturated carbocycles. The summed E-state index contributed by atoms with van der Waals surface area (Å²) in [6.07, 6.45) is 3.48. The quantitative estimate of drug-likeness (QED) is 0.522. The van der Waals surface area contributed by atoms with Gasteiger partial charge in [-0.3, -0.25) is 9.48 Å². The van der Waals surface area contributed by atoms with Gasteiger partial charge in [-0.25, -0.2) is 9.48 Å². The molecule has 4 aromatic rings. The second-order valence-corrected chi connectivity index (χ2v) is 6.13. The van der Waals surface area contributed by atoms with Gasteiger partial charge in [-0.05, 0) is 24.3 Å². The van der Waals surface area contributed by atoms with Crippen molar-refractivity contribution < 1.29 is 9.53 Å². The number of aryl methyl sites for hydroxylation is 2. The van der Waals surface area contributed by atoms with E-state index >= 15 is 0 Å². The Kier molecular flexibility index (Phi) is 3.61. The Balaban J connectivity index is 1.91. The number of benzene rings is 1. The molecule has 0 spiro atoms. The molecule has 0 aliphatic heterocycles. The van der Waals surface area contributed by atoms with Crippen molar-refractivity contribution in [1.82, 2.24) is 24.1 Å². The Labute approximate surface area is 148 Å². The first kappa shape index (κ1) is 16.1. The van der Waals surface area contributed by atoms with Gasteiger partial charge in [0, 0.05) is 36.6 Å². The van der Waals surface area contributed by atoms with Gasteiger partial charge in [0.15, 0.2) is 0 Å².